The van der Waals surface area contributed by atoms with Gasteiger partial charge in [-0.3, -0.25) is 14.7 Å². The van der Waals surface area contributed by atoms with Crippen molar-refractivity contribution in [3.8, 4) is 17.1 Å². The summed E-state index contributed by atoms with van der Waals surface area (Å²) < 4.78 is 10.8. The molecule has 9 nitrogen and oxygen atoms in total. The number of rotatable bonds is 6. The van der Waals surface area contributed by atoms with Crippen LogP contribution in [0.2, 0.25) is 5.02 Å². The lowest BCUT2D eigenvalue weighted by Crippen LogP contribution is -2.44. The first-order valence-corrected chi connectivity index (χ1v) is 11.4. The van der Waals surface area contributed by atoms with Crippen LogP contribution in [-0.4, -0.2) is 71.4 Å². The van der Waals surface area contributed by atoms with Crippen LogP contribution in [0.5, 0.6) is 5.88 Å². The van der Waals surface area contributed by atoms with E-state index in [0.29, 0.717) is 60.3 Å². The molecule has 0 spiro atoms. The molecule has 10 heteroatoms. The van der Waals surface area contributed by atoms with E-state index in [1.165, 1.54) is 13.3 Å². The zero-order chi connectivity index (χ0) is 22.5. The summed E-state index contributed by atoms with van der Waals surface area (Å²) in [5, 5.41) is 10.5. The Bertz CT molecular complexity index is 952. The number of aromatic amines is 1. The van der Waals surface area contributed by atoms with Gasteiger partial charge in [0.25, 0.3) is 5.91 Å². The average molecular weight is 462 g/mol. The molecule has 2 aliphatic heterocycles. The fourth-order valence-electron chi connectivity index (χ4n) is 4.14. The number of aromatic nitrogens is 3. The number of pyridine rings is 1. The van der Waals surface area contributed by atoms with Crippen LogP contribution in [0.3, 0.4) is 0 Å². The van der Waals surface area contributed by atoms with Gasteiger partial charge in [0, 0.05) is 43.8 Å². The van der Waals surface area contributed by atoms with Crippen molar-refractivity contribution in [2.75, 3.05) is 33.4 Å². The van der Waals surface area contributed by atoms with Crippen LogP contribution in [-0.2, 0) is 9.53 Å². The maximum Gasteiger partial charge on any atom is 0.274 e. The molecular weight excluding hydrogens is 434 g/mol. The van der Waals surface area contributed by atoms with Crippen molar-refractivity contribution in [2.45, 2.75) is 38.2 Å². The van der Waals surface area contributed by atoms with Crippen molar-refractivity contribution in [3.05, 3.63) is 29.0 Å². The van der Waals surface area contributed by atoms with E-state index >= 15 is 0 Å². The first-order chi connectivity index (χ1) is 15.5. The number of hydrogen-bond donors (Lipinski definition) is 2. The molecule has 4 rings (SSSR count). The average Bonchev–Trinajstić information content (AvgIpc) is 3.33. The monoisotopic (exact) mass is 461 g/mol. The van der Waals surface area contributed by atoms with E-state index in [4.69, 9.17) is 21.1 Å². The van der Waals surface area contributed by atoms with Gasteiger partial charge < -0.3 is 19.7 Å². The quantitative estimate of drug-likeness (QED) is 0.684. The molecule has 2 amide bonds. The van der Waals surface area contributed by atoms with E-state index < -0.39 is 0 Å². The third kappa shape index (κ3) is 5.21. The summed E-state index contributed by atoms with van der Waals surface area (Å²) in [6.07, 6.45) is 6.12. The second kappa shape index (κ2) is 10.3. The molecule has 32 heavy (non-hydrogen) atoms. The van der Waals surface area contributed by atoms with E-state index in [9.17, 15) is 9.59 Å². The molecule has 1 atom stereocenters. The minimum Gasteiger partial charge on any atom is -0.481 e. The maximum atomic E-state index is 12.9. The van der Waals surface area contributed by atoms with Crippen LogP contribution in [0.25, 0.3) is 11.3 Å². The molecule has 2 N–H and O–H groups in total. The number of piperidine rings is 1. The molecule has 0 saturated carbocycles. The van der Waals surface area contributed by atoms with E-state index in [2.05, 4.69) is 20.5 Å². The van der Waals surface area contributed by atoms with Crippen LogP contribution in [0.1, 0.15) is 42.6 Å². The Morgan fingerprint density at radius 2 is 2.09 bits per heavy atom. The van der Waals surface area contributed by atoms with Gasteiger partial charge in [0.15, 0.2) is 5.69 Å². The maximum absolute atomic E-state index is 12.9. The van der Waals surface area contributed by atoms with Gasteiger partial charge in [-0.15, -0.1) is 0 Å². The van der Waals surface area contributed by atoms with E-state index in [1.807, 2.05) is 0 Å². The Kier molecular flexibility index (Phi) is 7.26. The van der Waals surface area contributed by atoms with Gasteiger partial charge in [0.1, 0.15) is 0 Å². The number of H-pyrrole nitrogens is 1. The molecule has 2 aromatic heterocycles. The molecule has 2 aromatic rings. The molecule has 0 aromatic carbocycles. The Hall–Kier alpha value is -2.65. The minimum atomic E-state index is -0.167. The minimum absolute atomic E-state index is 0.0506. The van der Waals surface area contributed by atoms with Crippen molar-refractivity contribution in [1.82, 2.24) is 25.4 Å². The topological polar surface area (TPSA) is 109 Å². The fourth-order valence-corrected chi connectivity index (χ4v) is 4.35. The first kappa shape index (κ1) is 22.5. The molecule has 4 heterocycles. The number of methoxy groups -OCH3 is 1. The van der Waals surface area contributed by atoms with Crippen LogP contribution in [0.15, 0.2) is 18.3 Å². The number of nitrogens with one attached hydrogen (secondary N) is 2. The summed E-state index contributed by atoms with van der Waals surface area (Å²) in [6, 6.07) is 3.36. The molecule has 0 bridgehead atoms. The van der Waals surface area contributed by atoms with Gasteiger partial charge in [-0.05, 0) is 38.2 Å². The molecular formula is C22H28ClN5O4. The molecule has 0 aliphatic carbocycles. The SMILES string of the molecule is COc1cc(-c2cc(C(=O)N3CCC(C(=O)NCC4CCCCO4)CC3)n[nH]2)c(Cl)cn1. The van der Waals surface area contributed by atoms with Gasteiger partial charge in [0.05, 0.1) is 30.1 Å². The predicted molar refractivity (Wildman–Crippen MR) is 119 cm³/mol. The number of likely N-dealkylation sites (tertiary alicyclic amines) is 1. The van der Waals surface area contributed by atoms with Gasteiger partial charge in [0.2, 0.25) is 11.8 Å². The van der Waals surface area contributed by atoms with Crippen LogP contribution < -0.4 is 10.1 Å². The Labute approximate surface area is 191 Å². The lowest BCUT2D eigenvalue weighted by molar-refractivity contribution is -0.127. The normalized spacial score (nSPS) is 19.6. The standard InChI is InChI=1S/C22H28ClN5O4/c1-31-20-10-16(17(23)13-24-20)18-11-19(27-26-18)22(30)28-7-5-14(6-8-28)21(29)25-12-15-4-2-3-9-32-15/h10-11,13-15H,2-9,12H2,1H3,(H,25,29)(H,26,27). The number of ether oxygens (including phenoxy) is 2. The Morgan fingerprint density at radius 3 is 2.81 bits per heavy atom. The van der Waals surface area contributed by atoms with Gasteiger partial charge in [-0.25, -0.2) is 4.98 Å². The highest BCUT2D eigenvalue weighted by Crippen LogP contribution is 2.29. The second-order valence-electron chi connectivity index (χ2n) is 8.17. The zero-order valence-electron chi connectivity index (χ0n) is 18.1. The lowest BCUT2D eigenvalue weighted by atomic mass is 9.95. The van der Waals surface area contributed by atoms with Crippen LogP contribution in [0.4, 0.5) is 0 Å². The number of nitrogens with zero attached hydrogens (tertiary/aromatic N) is 3. The van der Waals surface area contributed by atoms with Crippen molar-refractivity contribution in [2.24, 2.45) is 5.92 Å². The lowest BCUT2D eigenvalue weighted by Gasteiger charge is -2.31. The van der Waals surface area contributed by atoms with Crippen molar-refractivity contribution in [1.29, 1.82) is 0 Å². The molecule has 0 radical (unpaired) electrons. The molecule has 2 aliphatic rings. The largest absolute Gasteiger partial charge is 0.481 e. The number of halogens is 1. The number of carbonyl (C=O) groups excluding carboxylic acids is 2. The molecule has 1 unspecified atom stereocenters. The summed E-state index contributed by atoms with van der Waals surface area (Å²) in [5.41, 5.74) is 1.57. The zero-order valence-corrected chi connectivity index (χ0v) is 18.9. The third-order valence-corrected chi connectivity index (χ3v) is 6.36. The molecule has 172 valence electrons. The summed E-state index contributed by atoms with van der Waals surface area (Å²) >= 11 is 6.24. The first-order valence-electron chi connectivity index (χ1n) is 11.0. The van der Waals surface area contributed by atoms with Crippen molar-refractivity contribution < 1.29 is 19.1 Å². The van der Waals surface area contributed by atoms with Gasteiger partial charge in [-0.2, -0.15) is 5.10 Å². The van der Waals surface area contributed by atoms with Crippen molar-refractivity contribution >= 4 is 23.4 Å². The fraction of sp³-hybridized carbons (Fsp3) is 0.545. The highest BCUT2D eigenvalue weighted by atomic mass is 35.5. The van der Waals surface area contributed by atoms with Crippen LogP contribution >= 0.6 is 11.6 Å². The summed E-state index contributed by atoms with van der Waals surface area (Å²) in [4.78, 5) is 31.2. The van der Waals surface area contributed by atoms with Crippen LogP contribution in [0, 0.1) is 5.92 Å². The van der Waals surface area contributed by atoms with Gasteiger partial charge >= 0.3 is 0 Å². The van der Waals surface area contributed by atoms with Gasteiger partial charge in [-0.1, -0.05) is 11.6 Å². The Balaban J connectivity index is 1.30. The smallest absolute Gasteiger partial charge is 0.274 e. The number of carbonyl (C=O) groups is 2. The number of hydrogen-bond acceptors (Lipinski definition) is 6. The summed E-state index contributed by atoms with van der Waals surface area (Å²) in [5.74, 6) is 0.219. The predicted octanol–water partition coefficient (Wildman–Crippen LogP) is 2.67. The molecule has 2 saturated heterocycles. The third-order valence-electron chi connectivity index (χ3n) is 6.06. The highest BCUT2D eigenvalue weighted by Gasteiger charge is 2.29. The molecule has 2 fully saturated rings. The summed E-state index contributed by atoms with van der Waals surface area (Å²) in [6.45, 7) is 2.37. The second-order valence-corrected chi connectivity index (χ2v) is 8.58. The highest BCUT2D eigenvalue weighted by molar-refractivity contribution is 6.33. The Morgan fingerprint density at radius 1 is 1.28 bits per heavy atom. The summed E-state index contributed by atoms with van der Waals surface area (Å²) in [7, 11) is 1.52. The van der Waals surface area contributed by atoms with E-state index in [1.54, 1.807) is 17.0 Å². The number of amides is 2. The van der Waals surface area contributed by atoms with E-state index in [-0.39, 0.29) is 23.8 Å². The van der Waals surface area contributed by atoms with E-state index in [0.717, 1.165) is 25.9 Å². The van der Waals surface area contributed by atoms with Crippen molar-refractivity contribution in [3.63, 3.8) is 0 Å².